The van der Waals surface area contributed by atoms with Gasteiger partial charge in [0.2, 0.25) is 0 Å². The molecule has 2 fully saturated rings. The van der Waals surface area contributed by atoms with Crippen LogP contribution in [-0.2, 0) is 0 Å². The zero-order chi connectivity index (χ0) is 11.3. The number of hydrogen-bond donors (Lipinski definition) is 0. The van der Waals surface area contributed by atoms with Gasteiger partial charge in [-0.05, 0) is 52.6 Å². The summed E-state index contributed by atoms with van der Waals surface area (Å²) in [6, 6.07) is 0.682. The largest absolute Gasteiger partial charge is 0.304 e. The van der Waals surface area contributed by atoms with E-state index in [0.717, 1.165) is 0 Å². The minimum absolute atomic E-state index is 0.397. The van der Waals surface area contributed by atoms with Gasteiger partial charge in [-0.1, -0.05) is 6.92 Å². The van der Waals surface area contributed by atoms with Crippen molar-refractivity contribution in [1.29, 1.82) is 0 Å². The second-order valence-corrected chi connectivity index (χ2v) is 6.40. The van der Waals surface area contributed by atoms with Crippen LogP contribution in [0.2, 0.25) is 0 Å². The third-order valence-corrected chi connectivity index (χ3v) is 4.88. The van der Waals surface area contributed by atoms with Crippen LogP contribution in [-0.4, -0.2) is 48.1 Å². The first-order valence-electron chi connectivity index (χ1n) is 6.34. The van der Waals surface area contributed by atoms with Crippen LogP contribution in [0.3, 0.4) is 0 Å². The van der Waals surface area contributed by atoms with E-state index in [1.807, 2.05) is 0 Å². The van der Waals surface area contributed by atoms with Gasteiger partial charge < -0.3 is 4.90 Å². The minimum atomic E-state index is 0.397. The molecule has 0 bridgehead atoms. The molecule has 0 spiro atoms. The predicted molar refractivity (Wildman–Crippen MR) is 65.1 cm³/mol. The van der Waals surface area contributed by atoms with Crippen molar-refractivity contribution in [3.05, 3.63) is 0 Å². The number of piperidine rings is 1. The lowest BCUT2D eigenvalue weighted by atomic mass is 9.67. The highest BCUT2D eigenvalue weighted by Gasteiger charge is 2.55. The molecule has 0 aromatic heterocycles. The fourth-order valence-electron chi connectivity index (χ4n) is 4.04. The molecule has 2 aliphatic rings. The van der Waals surface area contributed by atoms with Gasteiger partial charge in [-0.2, -0.15) is 0 Å². The Kier molecular flexibility index (Phi) is 2.63. The van der Waals surface area contributed by atoms with Crippen LogP contribution >= 0.6 is 0 Å². The Bertz CT molecular complexity index is 251. The number of nitrogens with zero attached hydrogens (tertiary/aromatic N) is 2. The molecule has 0 aromatic rings. The van der Waals surface area contributed by atoms with Crippen LogP contribution in [0.25, 0.3) is 0 Å². The summed E-state index contributed by atoms with van der Waals surface area (Å²) >= 11 is 0. The van der Waals surface area contributed by atoms with Gasteiger partial charge in [0.25, 0.3) is 0 Å². The molecule has 2 nitrogen and oxygen atoms in total. The molecule has 2 rings (SSSR count). The van der Waals surface area contributed by atoms with E-state index >= 15 is 0 Å². The average molecular weight is 210 g/mol. The quantitative estimate of drug-likeness (QED) is 0.654. The van der Waals surface area contributed by atoms with Gasteiger partial charge >= 0.3 is 0 Å². The van der Waals surface area contributed by atoms with Gasteiger partial charge in [0.05, 0.1) is 0 Å². The van der Waals surface area contributed by atoms with Crippen molar-refractivity contribution < 1.29 is 0 Å². The first-order valence-corrected chi connectivity index (χ1v) is 6.34. The lowest BCUT2D eigenvalue weighted by molar-refractivity contribution is -0.0364. The van der Waals surface area contributed by atoms with Crippen molar-refractivity contribution in [2.45, 2.75) is 52.1 Å². The highest BCUT2D eigenvalue weighted by Crippen LogP contribution is 2.49. The lowest BCUT2D eigenvalue weighted by Gasteiger charge is -2.54. The summed E-state index contributed by atoms with van der Waals surface area (Å²) in [5, 5.41) is 0. The summed E-state index contributed by atoms with van der Waals surface area (Å²) in [4.78, 5) is 5.25. The lowest BCUT2D eigenvalue weighted by Crippen LogP contribution is -2.62. The maximum Gasteiger partial charge on any atom is 0.0376 e. The van der Waals surface area contributed by atoms with E-state index in [0.29, 0.717) is 17.0 Å². The normalized spacial score (nSPS) is 43.6. The summed E-state index contributed by atoms with van der Waals surface area (Å²) in [6.07, 6.45) is 2.77. The first-order chi connectivity index (χ1) is 6.89. The van der Waals surface area contributed by atoms with Crippen molar-refractivity contribution in [1.82, 2.24) is 9.80 Å². The van der Waals surface area contributed by atoms with Crippen molar-refractivity contribution in [3.63, 3.8) is 0 Å². The maximum atomic E-state index is 2.74. The molecule has 15 heavy (non-hydrogen) atoms. The fraction of sp³-hybridized carbons (Fsp3) is 1.00. The second-order valence-electron chi connectivity index (χ2n) is 6.40. The number of hydrogen-bond acceptors (Lipinski definition) is 2. The molecule has 0 radical (unpaired) electrons. The van der Waals surface area contributed by atoms with Gasteiger partial charge in [0, 0.05) is 24.7 Å². The standard InChI is InChI=1S/C13H26N2/c1-11(2)15-8-6-7-12(3)9-14(5)10-13(12,15)4/h11H,6-10H2,1-5H3/t12-,13+/m1/s1. The van der Waals surface area contributed by atoms with Crippen LogP contribution in [0.5, 0.6) is 0 Å². The van der Waals surface area contributed by atoms with Crippen LogP contribution in [0, 0.1) is 5.41 Å². The zero-order valence-corrected chi connectivity index (χ0v) is 11.0. The topological polar surface area (TPSA) is 6.48 Å². The molecule has 2 saturated heterocycles. The molecule has 0 aliphatic carbocycles. The molecular formula is C13H26N2. The summed E-state index contributed by atoms with van der Waals surface area (Å²) in [5.74, 6) is 0. The van der Waals surface area contributed by atoms with E-state index < -0.39 is 0 Å². The molecule has 0 unspecified atom stereocenters. The van der Waals surface area contributed by atoms with E-state index in [1.54, 1.807) is 0 Å². The van der Waals surface area contributed by atoms with E-state index in [2.05, 4.69) is 44.5 Å². The number of likely N-dealkylation sites (N-methyl/N-ethyl adjacent to an activating group) is 1. The van der Waals surface area contributed by atoms with Gasteiger partial charge in [-0.15, -0.1) is 0 Å². The number of fused-ring (bicyclic) bond motifs is 1. The molecule has 0 N–H and O–H groups in total. The Morgan fingerprint density at radius 3 is 2.40 bits per heavy atom. The van der Waals surface area contributed by atoms with Gasteiger partial charge in [-0.3, -0.25) is 4.90 Å². The highest BCUT2D eigenvalue weighted by atomic mass is 15.3. The first kappa shape index (κ1) is 11.4. The highest BCUT2D eigenvalue weighted by molar-refractivity contribution is 5.11. The molecule has 2 heteroatoms. The SMILES string of the molecule is CC(C)N1CCC[C@]2(C)CN(C)C[C@]12C. The Morgan fingerprint density at radius 1 is 1.13 bits per heavy atom. The maximum absolute atomic E-state index is 2.74. The van der Waals surface area contributed by atoms with E-state index in [4.69, 9.17) is 0 Å². The van der Waals surface area contributed by atoms with Crippen molar-refractivity contribution in [3.8, 4) is 0 Å². The van der Waals surface area contributed by atoms with E-state index in [-0.39, 0.29) is 0 Å². The predicted octanol–water partition coefficient (Wildman–Crippen LogP) is 2.20. The molecule has 88 valence electrons. The van der Waals surface area contributed by atoms with Crippen LogP contribution < -0.4 is 0 Å². The summed E-state index contributed by atoms with van der Waals surface area (Å²) in [7, 11) is 2.27. The molecular weight excluding hydrogens is 184 g/mol. The number of likely N-dealkylation sites (tertiary alicyclic amines) is 2. The fourth-order valence-corrected chi connectivity index (χ4v) is 4.04. The molecule has 2 heterocycles. The third kappa shape index (κ3) is 1.53. The Hall–Kier alpha value is -0.0800. The van der Waals surface area contributed by atoms with Gasteiger partial charge in [0.1, 0.15) is 0 Å². The smallest absolute Gasteiger partial charge is 0.0376 e. The molecule has 0 saturated carbocycles. The summed E-state index contributed by atoms with van der Waals surface area (Å²) < 4.78 is 0. The monoisotopic (exact) mass is 210 g/mol. The Morgan fingerprint density at radius 2 is 1.80 bits per heavy atom. The summed E-state index contributed by atoms with van der Waals surface area (Å²) in [6.45, 7) is 13.5. The summed E-state index contributed by atoms with van der Waals surface area (Å²) in [5.41, 5.74) is 0.901. The third-order valence-electron chi connectivity index (χ3n) is 4.88. The van der Waals surface area contributed by atoms with Crippen molar-refractivity contribution >= 4 is 0 Å². The van der Waals surface area contributed by atoms with Crippen molar-refractivity contribution in [2.75, 3.05) is 26.7 Å². The second kappa shape index (κ2) is 3.46. The zero-order valence-electron chi connectivity index (χ0n) is 11.0. The molecule has 2 atom stereocenters. The average Bonchev–Trinajstić information content (AvgIpc) is 2.32. The van der Waals surface area contributed by atoms with Gasteiger partial charge in [0.15, 0.2) is 0 Å². The minimum Gasteiger partial charge on any atom is -0.304 e. The van der Waals surface area contributed by atoms with Crippen LogP contribution in [0.1, 0.15) is 40.5 Å². The molecule has 2 aliphatic heterocycles. The van der Waals surface area contributed by atoms with Crippen LogP contribution in [0.4, 0.5) is 0 Å². The van der Waals surface area contributed by atoms with Gasteiger partial charge in [-0.25, -0.2) is 0 Å². The van der Waals surface area contributed by atoms with Crippen LogP contribution in [0.15, 0.2) is 0 Å². The Labute approximate surface area is 94.6 Å². The van der Waals surface area contributed by atoms with E-state index in [9.17, 15) is 0 Å². The number of rotatable bonds is 1. The van der Waals surface area contributed by atoms with E-state index in [1.165, 1.54) is 32.5 Å². The van der Waals surface area contributed by atoms with Crippen molar-refractivity contribution in [2.24, 2.45) is 5.41 Å². The molecule has 0 amide bonds. The molecule has 0 aromatic carbocycles. The Balaban J connectivity index is 2.31.